The SMILES string of the molecule is c1ccc2c(c1)-c1ccccc1C21c2ccccc2C2(c3ccccc3-c3ccccc32)c2c(-c3ccc(-c4ccc5oc6ccccc6c5c4)cc3)cccc21. The number of benzene rings is 9. The van der Waals surface area contributed by atoms with Gasteiger partial charge in [0.2, 0.25) is 0 Å². The molecule has 3 aliphatic carbocycles. The minimum absolute atomic E-state index is 0.504. The summed E-state index contributed by atoms with van der Waals surface area (Å²) in [6, 6.07) is 77.2. The second kappa shape index (κ2) is 11.2. The molecule has 0 N–H and O–H groups in total. The van der Waals surface area contributed by atoms with E-state index in [0.717, 1.165) is 21.9 Å². The number of fused-ring (bicyclic) bond motifs is 19. The van der Waals surface area contributed by atoms with Crippen LogP contribution in [0.25, 0.3) is 66.4 Å². The Balaban J connectivity index is 1.13. The maximum atomic E-state index is 6.18. The Morgan fingerprint density at radius 3 is 1.30 bits per heavy atom. The molecule has 0 atom stereocenters. The van der Waals surface area contributed by atoms with Gasteiger partial charge in [-0.2, -0.15) is 0 Å². The van der Waals surface area contributed by atoms with E-state index in [9.17, 15) is 0 Å². The molecule has 0 unspecified atom stereocenters. The highest BCUT2D eigenvalue weighted by atomic mass is 16.3. The van der Waals surface area contributed by atoms with Gasteiger partial charge in [-0.3, -0.25) is 0 Å². The van der Waals surface area contributed by atoms with E-state index in [2.05, 4.69) is 194 Å². The summed E-state index contributed by atoms with van der Waals surface area (Å²) in [5.74, 6) is 0. The fraction of sp³-hybridized carbons (Fsp3) is 0.0357. The molecule has 9 aromatic carbocycles. The molecule has 1 nitrogen and oxygen atoms in total. The summed E-state index contributed by atoms with van der Waals surface area (Å²) in [6.07, 6.45) is 0. The fourth-order valence-corrected chi connectivity index (χ4v) is 11.3. The Hall–Kier alpha value is -7.22. The molecule has 1 aromatic heterocycles. The number of furan rings is 1. The molecule has 57 heavy (non-hydrogen) atoms. The highest BCUT2D eigenvalue weighted by molar-refractivity contribution is 6.06. The lowest BCUT2D eigenvalue weighted by atomic mass is 9.51. The van der Waals surface area contributed by atoms with Gasteiger partial charge in [0.25, 0.3) is 0 Å². The monoisotopic (exact) mass is 722 g/mol. The molecule has 1 heterocycles. The summed E-state index contributed by atoms with van der Waals surface area (Å²) in [5.41, 5.74) is 21.7. The molecule has 0 aliphatic heterocycles. The Kier molecular flexibility index (Phi) is 6.09. The van der Waals surface area contributed by atoms with Crippen molar-refractivity contribution in [3.8, 4) is 44.5 Å². The van der Waals surface area contributed by atoms with E-state index >= 15 is 0 Å². The van der Waals surface area contributed by atoms with Crippen molar-refractivity contribution in [2.45, 2.75) is 10.8 Å². The number of para-hydroxylation sites is 1. The summed E-state index contributed by atoms with van der Waals surface area (Å²) in [6.45, 7) is 0. The molecule has 0 amide bonds. The first-order chi connectivity index (χ1) is 28.3. The molecule has 264 valence electrons. The number of rotatable bonds is 2. The van der Waals surface area contributed by atoms with E-state index in [1.807, 2.05) is 12.1 Å². The van der Waals surface area contributed by atoms with Crippen molar-refractivity contribution in [1.29, 1.82) is 0 Å². The molecular weight excluding hydrogens is 689 g/mol. The first kappa shape index (κ1) is 31.0. The van der Waals surface area contributed by atoms with Crippen molar-refractivity contribution in [2.75, 3.05) is 0 Å². The Morgan fingerprint density at radius 2 is 0.684 bits per heavy atom. The summed E-state index contributed by atoms with van der Waals surface area (Å²) < 4.78 is 6.18. The molecule has 13 rings (SSSR count). The Bertz CT molecular complexity index is 3210. The number of hydrogen-bond donors (Lipinski definition) is 0. The smallest absolute Gasteiger partial charge is 0.135 e. The predicted octanol–water partition coefficient (Wildman–Crippen LogP) is 14.0. The third kappa shape index (κ3) is 3.79. The van der Waals surface area contributed by atoms with E-state index in [1.165, 1.54) is 89.0 Å². The third-order valence-corrected chi connectivity index (χ3v) is 13.4. The molecule has 10 aromatic rings. The van der Waals surface area contributed by atoms with Crippen molar-refractivity contribution < 1.29 is 4.42 Å². The lowest BCUT2D eigenvalue weighted by Crippen LogP contribution is -2.44. The van der Waals surface area contributed by atoms with Gasteiger partial charge in [0.05, 0.1) is 10.8 Å². The van der Waals surface area contributed by atoms with Gasteiger partial charge in [-0.15, -0.1) is 0 Å². The maximum Gasteiger partial charge on any atom is 0.135 e. The van der Waals surface area contributed by atoms with Crippen molar-refractivity contribution in [3.05, 3.63) is 251 Å². The number of hydrogen-bond acceptors (Lipinski definition) is 1. The molecule has 0 fully saturated rings. The van der Waals surface area contributed by atoms with Gasteiger partial charge < -0.3 is 4.42 Å². The van der Waals surface area contributed by atoms with Crippen molar-refractivity contribution in [3.63, 3.8) is 0 Å². The van der Waals surface area contributed by atoms with Crippen LogP contribution < -0.4 is 0 Å². The minimum atomic E-state index is -0.542. The molecular formula is C56H34O. The van der Waals surface area contributed by atoms with Crippen molar-refractivity contribution in [1.82, 2.24) is 0 Å². The van der Waals surface area contributed by atoms with E-state index in [-0.39, 0.29) is 0 Å². The summed E-state index contributed by atoms with van der Waals surface area (Å²) in [4.78, 5) is 0. The van der Waals surface area contributed by atoms with Gasteiger partial charge in [-0.1, -0.05) is 188 Å². The largest absolute Gasteiger partial charge is 0.456 e. The van der Waals surface area contributed by atoms with Crippen LogP contribution in [0.1, 0.15) is 44.5 Å². The van der Waals surface area contributed by atoms with Gasteiger partial charge in [-0.25, -0.2) is 0 Å². The van der Waals surface area contributed by atoms with Crippen LogP contribution in [-0.2, 0) is 10.8 Å². The second-order valence-electron chi connectivity index (χ2n) is 15.8. The van der Waals surface area contributed by atoms with E-state index < -0.39 is 10.8 Å². The lowest BCUT2D eigenvalue weighted by Gasteiger charge is -2.49. The highest BCUT2D eigenvalue weighted by Crippen LogP contribution is 2.68. The van der Waals surface area contributed by atoms with Crippen molar-refractivity contribution in [2.24, 2.45) is 0 Å². The second-order valence-corrected chi connectivity index (χ2v) is 15.8. The average Bonchev–Trinajstić information content (AvgIpc) is 3.91. The van der Waals surface area contributed by atoms with E-state index in [4.69, 9.17) is 4.42 Å². The van der Waals surface area contributed by atoms with Gasteiger partial charge in [0.1, 0.15) is 11.2 Å². The van der Waals surface area contributed by atoms with Crippen molar-refractivity contribution >= 4 is 21.9 Å². The van der Waals surface area contributed by atoms with E-state index in [0.29, 0.717) is 0 Å². The summed E-state index contributed by atoms with van der Waals surface area (Å²) in [5, 5.41) is 2.29. The van der Waals surface area contributed by atoms with Crippen LogP contribution in [0.2, 0.25) is 0 Å². The molecule has 0 saturated heterocycles. The first-order valence-electron chi connectivity index (χ1n) is 19.9. The van der Waals surface area contributed by atoms with E-state index in [1.54, 1.807) is 0 Å². The Morgan fingerprint density at radius 1 is 0.263 bits per heavy atom. The van der Waals surface area contributed by atoms with Crippen LogP contribution in [-0.4, -0.2) is 0 Å². The molecule has 0 bridgehead atoms. The highest BCUT2D eigenvalue weighted by Gasteiger charge is 2.59. The van der Waals surface area contributed by atoms with Gasteiger partial charge in [0.15, 0.2) is 0 Å². The zero-order valence-corrected chi connectivity index (χ0v) is 31.0. The zero-order valence-electron chi connectivity index (χ0n) is 31.0. The topological polar surface area (TPSA) is 13.1 Å². The minimum Gasteiger partial charge on any atom is -0.456 e. The summed E-state index contributed by atoms with van der Waals surface area (Å²) in [7, 11) is 0. The third-order valence-electron chi connectivity index (χ3n) is 13.4. The molecule has 1 heteroatoms. The molecule has 3 aliphatic rings. The first-order valence-corrected chi connectivity index (χ1v) is 19.9. The zero-order chi connectivity index (χ0) is 37.3. The normalized spacial score (nSPS) is 14.6. The van der Waals surface area contributed by atoms with Crippen LogP contribution in [0.15, 0.2) is 211 Å². The lowest BCUT2D eigenvalue weighted by molar-refractivity contribution is 0.634. The molecule has 0 saturated carbocycles. The molecule has 0 radical (unpaired) electrons. The van der Waals surface area contributed by atoms with Gasteiger partial charge >= 0.3 is 0 Å². The quantitative estimate of drug-likeness (QED) is 0.173. The Labute approximate surface area is 331 Å². The maximum absolute atomic E-state index is 6.18. The van der Waals surface area contributed by atoms with Gasteiger partial charge in [0, 0.05) is 10.8 Å². The molecule has 2 spiro atoms. The van der Waals surface area contributed by atoms with Crippen LogP contribution >= 0.6 is 0 Å². The van der Waals surface area contributed by atoms with Gasteiger partial charge in [-0.05, 0) is 107 Å². The van der Waals surface area contributed by atoms with Crippen LogP contribution in [0, 0.1) is 0 Å². The predicted molar refractivity (Wildman–Crippen MR) is 233 cm³/mol. The fourth-order valence-electron chi connectivity index (χ4n) is 11.3. The van der Waals surface area contributed by atoms with Crippen LogP contribution in [0.4, 0.5) is 0 Å². The standard InChI is InChI=1S/C56H34O/c1-6-20-45-39(14-1)40-15-2-7-21-46(40)55(45)49-24-10-11-25-50(49)56(47-22-8-3-16-41(47)42-17-4-9-23-48(42)56)54-38(19-13-26-51(54)55)36-30-28-35(29-31-36)37-32-33-53-44(34-37)43-18-5-12-27-52(43)57-53/h1-34H. The van der Waals surface area contributed by atoms with Crippen LogP contribution in [0.3, 0.4) is 0 Å². The summed E-state index contributed by atoms with van der Waals surface area (Å²) >= 11 is 0. The average molecular weight is 723 g/mol. The van der Waals surface area contributed by atoms with Crippen LogP contribution in [0.5, 0.6) is 0 Å².